The molecule has 0 unspecified atom stereocenters. The minimum absolute atomic E-state index is 0.0214. The highest BCUT2D eigenvalue weighted by Gasteiger charge is 2.51. The second-order valence-electron chi connectivity index (χ2n) is 5.50. The Morgan fingerprint density at radius 1 is 1.25 bits per heavy atom. The third-order valence-corrected chi connectivity index (χ3v) is 6.54. The number of sulfonamides is 1. The van der Waals surface area contributed by atoms with Gasteiger partial charge in [0.2, 0.25) is 0 Å². The number of halogens is 2. The number of ether oxygens (including phenoxy) is 1. The molecule has 0 aromatic heterocycles. The molecule has 0 N–H and O–H groups in total. The molecule has 1 aliphatic rings. The van der Waals surface area contributed by atoms with Gasteiger partial charge in [-0.1, -0.05) is 6.42 Å². The van der Waals surface area contributed by atoms with E-state index < -0.39 is 26.7 Å². The van der Waals surface area contributed by atoms with Gasteiger partial charge >= 0.3 is 4.59 Å². The van der Waals surface area contributed by atoms with Gasteiger partial charge in [0.25, 0.3) is 10.0 Å². The average Bonchev–Trinajstić information content (AvgIpc) is 2.71. The van der Waals surface area contributed by atoms with Gasteiger partial charge < -0.3 is 4.74 Å². The molecule has 1 aliphatic heterocycles. The number of methoxy groups -OCH3 is 1. The van der Waals surface area contributed by atoms with E-state index in [2.05, 4.69) is 19.5 Å². The lowest BCUT2D eigenvalue weighted by Crippen LogP contribution is -2.44. The standard InChI is InChI=1S/C15H17F2N3O6S2/c1-23-13-7-5-12(6-8-13)14(11-18)19-24-25-26-27-15(16,17)28(21,22)20-9-3-2-4-10-20/h5-8H,2-4,9-10H2,1H3. The zero-order valence-corrected chi connectivity index (χ0v) is 16.3. The van der Waals surface area contributed by atoms with Crippen molar-refractivity contribution in [3.05, 3.63) is 29.8 Å². The van der Waals surface area contributed by atoms with Crippen molar-refractivity contribution >= 4 is 27.8 Å². The van der Waals surface area contributed by atoms with Crippen molar-refractivity contribution in [2.75, 3.05) is 20.2 Å². The van der Waals surface area contributed by atoms with E-state index in [0.29, 0.717) is 28.5 Å². The maximum absolute atomic E-state index is 13.9. The van der Waals surface area contributed by atoms with Crippen LogP contribution in [0, 0.1) is 11.3 Å². The van der Waals surface area contributed by atoms with Crippen LogP contribution < -0.4 is 4.74 Å². The first-order chi connectivity index (χ1) is 13.3. The summed E-state index contributed by atoms with van der Waals surface area (Å²) in [6.45, 7) is 0.0427. The van der Waals surface area contributed by atoms with Crippen LogP contribution in [-0.4, -0.2) is 43.2 Å². The molecular weight excluding hydrogens is 420 g/mol. The van der Waals surface area contributed by atoms with Gasteiger partial charge in [-0.15, -0.1) is 4.33 Å². The Labute approximate surface area is 164 Å². The minimum atomic E-state index is -4.92. The Balaban J connectivity index is 1.87. The van der Waals surface area contributed by atoms with Gasteiger partial charge in [0, 0.05) is 23.7 Å². The molecule has 0 aliphatic carbocycles. The van der Waals surface area contributed by atoms with Crippen LogP contribution in [0.25, 0.3) is 0 Å². The summed E-state index contributed by atoms with van der Waals surface area (Å²) in [5, 5.41) is 16.3. The third kappa shape index (κ3) is 5.52. The molecule has 1 saturated heterocycles. The number of nitrogens with zero attached hydrogens (tertiary/aromatic N) is 3. The van der Waals surface area contributed by atoms with Crippen LogP contribution in [0.15, 0.2) is 29.4 Å². The summed E-state index contributed by atoms with van der Waals surface area (Å²) in [5.74, 6) is 0.551. The van der Waals surface area contributed by atoms with Crippen LogP contribution in [0.1, 0.15) is 24.8 Å². The van der Waals surface area contributed by atoms with Crippen molar-refractivity contribution in [1.82, 2.24) is 4.31 Å². The fraction of sp³-hybridized carbons (Fsp3) is 0.467. The van der Waals surface area contributed by atoms with Crippen molar-refractivity contribution in [2.45, 2.75) is 23.8 Å². The maximum Gasteiger partial charge on any atom is 0.433 e. The largest absolute Gasteiger partial charge is 0.497 e. The topological polar surface area (TPSA) is 110 Å². The molecular formula is C15H17F2N3O6S2. The quantitative estimate of drug-likeness (QED) is 0.191. The lowest BCUT2D eigenvalue weighted by Gasteiger charge is -2.28. The summed E-state index contributed by atoms with van der Waals surface area (Å²) in [4.78, 5) is 4.20. The molecule has 1 fully saturated rings. The van der Waals surface area contributed by atoms with Crippen molar-refractivity contribution in [3.8, 4) is 11.8 Å². The number of hydrogen-bond acceptors (Lipinski definition) is 9. The fourth-order valence-electron chi connectivity index (χ4n) is 2.30. The van der Waals surface area contributed by atoms with Gasteiger partial charge in [-0.25, -0.2) is 8.42 Å². The normalized spacial score (nSPS) is 16.4. The highest BCUT2D eigenvalue weighted by atomic mass is 32.3. The SMILES string of the molecule is COc1ccc(C(C#N)=NOOOSC(F)(F)S(=O)(=O)N2CCCCC2)cc1. The van der Waals surface area contributed by atoms with E-state index in [1.54, 1.807) is 18.2 Å². The molecule has 1 aromatic rings. The monoisotopic (exact) mass is 437 g/mol. The van der Waals surface area contributed by atoms with Gasteiger partial charge in [-0.2, -0.15) is 23.3 Å². The van der Waals surface area contributed by atoms with Crippen molar-refractivity contribution in [1.29, 1.82) is 5.26 Å². The first-order valence-electron chi connectivity index (χ1n) is 8.00. The van der Waals surface area contributed by atoms with E-state index >= 15 is 0 Å². The van der Waals surface area contributed by atoms with E-state index in [9.17, 15) is 17.2 Å². The minimum Gasteiger partial charge on any atom is -0.497 e. The first kappa shape index (κ1) is 22.3. The van der Waals surface area contributed by atoms with Crippen LogP contribution >= 0.6 is 12.0 Å². The summed E-state index contributed by atoms with van der Waals surface area (Å²) >= 11 is -0.740. The van der Waals surface area contributed by atoms with Crippen molar-refractivity contribution < 1.29 is 36.3 Å². The van der Waals surface area contributed by atoms with Crippen LogP contribution in [0.4, 0.5) is 8.78 Å². The number of oxime groups is 1. The molecule has 0 spiro atoms. The smallest absolute Gasteiger partial charge is 0.433 e. The summed E-state index contributed by atoms with van der Waals surface area (Å²) in [7, 11) is -3.44. The number of rotatable bonds is 9. The van der Waals surface area contributed by atoms with E-state index in [4.69, 9.17) is 10.00 Å². The number of alkyl halides is 2. The van der Waals surface area contributed by atoms with E-state index in [-0.39, 0.29) is 18.8 Å². The Bertz CT molecular complexity index is 821. The second kappa shape index (κ2) is 9.99. The number of hydrogen-bond donors (Lipinski definition) is 0. The van der Waals surface area contributed by atoms with Crippen LogP contribution in [0.2, 0.25) is 0 Å². The lowest BCUT2D eigenvalue weighted by atomic mass is 10.1. The third-order valence-electron chi connectivity index (χ3n) is 3.74. The zero-order valence-electron chi connectivity index (χ0n) is 14.7. The van der Waals surface area contributed by atoms with E-state index in [0.717, 1.165) is 6.42 Å². The second-order valence-corrected chi connectivity index (χ2v) is 8.56. The van der Waals surface area contributed by atoms with Crippen LogP contribution in [-0.2, 0) is 24.4 Å². The van der Waals surface area contributed by atoms with E-state index in [1.165, 1.54) is 19.2 Å². The molecule has 2 rings (SSSR count). The summed E-state index contributed by atoms with van der Waals surface area (Å²) in [6.07, 6.45) is 1.81. The molecule has 0 atom stereocenters. The van der Waals surface area contributed by atoms with E-state index in [1.807, 2.05) is 0 Å². The van der Waals surface area contributed by atoms with Crippen LogP contribution in [0.5, 0.6) is 5.75 Å². The summed E-state index contributed by atoms with van der Waals surface area (Å²) < 4.78 is 57.3. The number of nitriles is 1. The Morgan fingerprint density at radius 3 is 2.46 bits per heavy atom. The van der Waals surface area contributed by atoms with Crippen molar-refractivity contribution in [3.63, 3.8) is 0 Å². The Morgan fingerprint density at radius 2 is 1.89 bits per heavy atom. The fourth-order valence-corrected chi connectivity index (χ4v) is 4.22. The molecule has 154 valence electrons. The van der Waals surface area contributed by atoms with Crippen molar-refractivity contribution in [2.24, 2.45) is 5.16 Å². The van der Waals surface area contributed by atoms with Gasteiger partial charge in [-0.05, 0) is 42.3 Å². The van der Waals surface area contributed by atoms with Crippen LogP contribution in [0.3, 0.4) is 0 Å². The molecule has 1 aromatic carbocycles. The highest BCUT2D eigenvalue weighted by molar-refractivity contribution is 8.10. The molecule has 1 heterocycles. The van der Waals surface area contributed by atoms with Gasteiger partial charge in [0.15, 0.2) is 5.71 Å². The predicted molar refractivity (Wildman–Crippen MR) is 95.3 cm³/mol. The summed E-state index contributed by atoms with van der Waals surface area (Å²) in [5.41, 5.74) is 0.113. The molecule has 9 nitrogen and oxygen atoms in total. The molecule has 13 heteroatoms. The summed E-state index contributed by atoms with van der Waals surface area (Å²) in [6, 6.07) is 7.89. The number of benzene rings is 1. The molecule has 0 saturated carbocycles. The molecule has 0 amide bonds. The molecule has 0 radical (unpaired) electrons. The first-order valence-corrected chi connectivity index (χ1v) is 10.2. The predicted octanol–water partition coefficient (Wildman–Crippen LogP) is 2.82. The number of piperidine rings is 1. The highest BCUT2D eigenvalue weighted by Crippen LogP contribution is 2.38. The van der Waals surface area contributed by atoms with Gasteiger partial charge in [0.05, 0.1) is 7.11 Å². The maximum atomic E-state index is 13.9. The Kier molecular flexibility index (Phi) is 7.96. The molecule has 28 heavy (non-hydrogen) atoms. The van der Waals surface area contributed by atoms with Gasteiger partial charge in [0.1, 0.15) is 23.9 Å². The zero-order chi connectivity index (χ0) is 20.6. The van der Waals surface area contributed by atoms with Gasteiger partial charge in [-0.3, -0.25) is 0 Å². The molecule has 0 bridgehead atoms. The Hall–Kier alpha value is -1.98. The average molecular weight is 437 g/mol. The lowest BCUT2D eigenvalue weighted by molar-refractivity contribution is -0.462.